The third kappa shape index (κ3) is 11.3. The van der Waals surface area contributed by atoms with E-state index in [1.807, 2.05) is 51.1 Å². The molecule has 2 aromatic heterocycles. The lowest BCUT2D eigenvalue weighted by atomic mass is 9.85. The molecule has 0 amide bonds. The highest BCUT2D eigenvalue weighted by molar-refractivity contribution is 6.32. The first-order valence-electron chi connectivity index (χ1n) is 20.1. The van der Waals surface area contributed by atoms with Crippen LogP contribution in [0.5, 0.6) is 23.0 Å². The minimum absolute atomic E-state index is 0.0898. The molecule has 324 valence electrons. The predicted molar refractivity (Wildman–Crippen MR) is 242 cm³/mol. The molecule has 0 radical (unpaired) electrons. The monoisotopic (exact) mass is 887 g/mol. The van der Waals surface area contributed by atoms with Gasteiger partial charge in [-0.2, -0.15) is 0 Å². The number of ketones is 1. The van der Waals surface area contributed by atoms with Crippen molar-refractivity contribution in [2.24, 2.45) is 5.41 Å². The van der Waals surface area contributed by atoms with E-state index in [0.717, 1.165) is 44.5 Å². The molecule has 4 aromatic carbocycles. The van der Waals surface area contributed by atoms with Gasteiger partial charge in [-0.25, -0.2) is 4.85 Å². The van der Waals surface area contributed by atoms with E-state index in [2.05, 4.69) is 26.9 Å². The summed E-state index contributed by atoms with van der Waals surface area (Å²) in [6, 6.07) is 22.3. The molecule has 0 spiro atoms. The fourth-order valence-corrected chi connectivity index (χ4v) is 7.39. The van der Waals surface area contributed by atoms with Crippen LogP contribution in [0.25, 0.3) is 16.0 Å². The molecule has 0 saturated carbocycles. The van der Waals surface area contributed by atoms with E-state index < -0.39 is 18.0 Å². The van der Waals surface area contributed by atoms with Gasteiger partial charge in [0, 0.05) is 42.5 Å². The van der Waals surface area contributed by atoms with Gasteiger partial charge in [0.25, 0.3) is 0 Å². The number of hydrogen-bond acceptors (Lipinski definition) is 9. The summed E-state index contributed by atoms with van der Waals surface area (Å²) in [5.41, 5.74) is 8.44. The van der Waals surface area contributed by atoms with E-state index in [1.165, 1.54) is 20.0 Å². The number of carboxylic acid groups (broad SMARTS) is 1. The Bertz CT molecular complexity index is 2700. The van der Waals surface area contributed by atoms with Gasteiger partial charge in [-0.1, -0.05) is 59.6 Å². The van der Waals surface area contributed by atoms with E-state index in [0.29, 0.717) is 55.4 Å². The normalized spacial score (nSPS) is 11.9. The van der Waals surface area contributed by atoms with Crippen molar-refractivity contribution in [3.05, 3.63) is 169 Å². The van der Waals surface area contributed by atoms with Crippen LogP contribution in [0.2, 0.25) is 10.0 Å². The van der Waals surface area contributed by atoms with Gasteiger partial charge in [0.1, 0.15) is 49.4 Å². The number of carbonyl (C=O) groups excluding carboxylic acids is 1. The zero-order valence-corrected chi connectivity index (χ0v) is 37.1. The van der Waals surface area contributed by atoms with Crippen molar-refractivity contribution in [2.45, 2.75) is 73.9 Å². The van der Waals surface area contributed by atoms with Crippen LogP contribution in [0.1, 0.15) is 75.1 Å². The molecule has 0 aliphatic rings. The maximum atomic E-state index is 12.5. The molecule has 63 heavy (non-hydrogen) atoms. The van der Waals surface area contributed by atoms with Gasteiger partial charge in [-0.15, -0.1) is 0 Å². The Labute approximate surface area is 377 Å². The van der Waals surface area contributed by atoms with Gasteiger partial charge in [0.2, 0.25) is 5.69 Å². The van der Waals surface area contributed by atoms with Crippen LogP contribution >= 0.6 is 23.2 Å². The SMILES string of the molecule is [C-]#[N+]c1cncc(COc2cc(OCc3cccc(-c4cccc(COc5cc(OCc6cncc(C)c6)c(C(C)=O)cc5Cl)c4C)c3C)c(Cl)cc2CC[C@@](C)(CO)C(=O)O)c1. The summed E-state index contributed by atoms with van der Waals surface area (Å²) in [6.07, 6.45) is 6.95. The van der Waals surface area contributed by atoms with Crippen LogP contribution in [0.15, 0.2) is 97.6 Å². The zero-order chi connectivity index (χ0) is 45.3. The fraction of sp³-hybridized carbons (Fsp3) is 0.260. The average Bonchev–Trinajstić information content (AvgIpc) is 3.27. The Morgan fingerprint density at radius 3 is 1.79 bits per heavy atom. The summed E-state index contributed by atoms with van der Waals surface area (Å²) in [5, 5.41) is 20.2. The standard InChI is InChI=1S/C50H47Cl2N3O8/c1-30-15-34(22-54-21-30)25-61-46-20-48(44(52)18-42(46)33(4)57)63-28-38-10-8-12-41(32(38)3)40-11-7-9-37(31(40)2)27-62-47-19-45(60-26-35-16-39(53-6)24-55-23-35)36(17-43(47)51)13-14-50(5,29-56)49(58)59/h7-12,15-24,56H,13-14,25-29H2,1-5H3,(H,58,59)/t50-/m0/s1. The number of carbonyl (C=O) groups is 2. The summed E-state index contributed by atoms with van der Waals surface area (Å²) in [5.74, 6) is 0.249. The molecule has 1 atom stereocenters. The lowest BCUT2D eigenvalue weighted by Crippen LogP contribution is -2.32. The van der Waals surface area contributed by atoms with Crippen LogP contribution in [0.4, 0.5) is 5.69 Å². The Balaban J connectivity index is 1.20. The highest BCUT2D eigenvalue weighted by Crippen LogP contribution is 2.38. The summed E-state index contributed by atoms with van der Waals surface area (Å²) in [6.45, 7) is 16.5. The number of pyridine rings is 2. The number of aryl methyl sites for hydroxylation is 2. The van der Waals surface area contributed by atoms with Crippen LogP contribution in [-0.4, -0.2) is 38.5 Å². The average molecular weight is 889 g/mol. The molecule has 6 aromatic rings. The van der Waals surface area contributed by atoms with Crippen molar-refractivity contribution in [3.8, 4) is 34.1 Å². The number of aliphatic hydroxyl groups excluding tert-OH is 1. The fourth-order valence-electron chi connectivity index (χ4n) is 6.93. The van der Waals surface area contributed by atoms with Crippen LogP contribution < -0.4 is 18.9 Å². The zero-order valence-electron chi connectivity index (χ0n) is 35.6. The predicted octanol–water partition coefficient (Wildman–Crippen LogP) is 11.5. The highest BCUT2D eigenvalue weighted by atomic mass is 35.5. The van der Waals surface area contributed by atoms with Crippen molar-refractivity contribution in [3.63, 3.8) is 0 Å². The number of aliphatic hydroxyl groups is 1. The number of carboxylic acids is 1. The first-order valence-corrected chi connectivity index (χ1v) is 20.9. The second-order valence-electron chi connectivity index (χ2n) is 15.6. The number of halogens is 2. The number of aliphatic carboxylic acids is 1. The first kappa shape index (κ1) is 46.1. The molecular formula is C50H47Cl2N3O8. The highest BCUT2D eigenvalue weighted by Gasteiger charge is 2.32. The Hall–Kier alpha value is -6.45. The third-order valence-corrected chi connectivity index (χ3v) is 11.5. The van der Waals surface area contributed by atoms with E-state index >= 15 is 0 Å². The number of ether oxygens (including phenoxy) is 4. The van der Waals surface area contributed by atoms with Crippen LogP contribution in [-0.2, 0) is 37.6 Å². The van der Waals surface area contributed by atoms with Crippen molar-refractivity contribution in [2.75, 3.05) is 6.61 Å². The Morgan fingerprint density at radius 1 is 0.698 bits per heavy atom. The summed E-state index contributed by atoms with van der Waals surface area (Å²) in [4.78, 5) is 36.3. The number of nitrogens with zero attached hydrogens (tertiary/aromatic N) is 3. The minimum atomic E-state index is -1.36. The molecule has 6 rings (SSSR count). The number of rotatable bonds is 19. The van der Waals surface area contributed by atoms with Gasteiger partial charge in [0.05, 0.1) is 34.2 Å². The van der Waals surface area contributed by atoms with Crippen LogP contribution in [0, 0.1) is 32.8 Å². The number of aromatic nitrogens is 2. The lowest BCUT2D eigenvalue weighted by Gasteiger charge is -2.23. The second-order valence-corrected chi connectivity index (χ2v) is 16.4. The molecule has 2 N–H and O–H groups in total. The maximum Gasteiger partial charge on any atom is 0.311 e. The smallest absolute Gasteiger partial charge is 0.311 e. The van der Waals surface area contributed by atoms with Crippen molar-refractivity contribution in [1.82, 2.24) is 9.97 Å². The Kier molecular flexibility index (Phi) is 15.1. The van der Waals surface area contributed by atoms with Gasteiger partial charge in [-0.3, -0.25) is 19.6 Å². The first-order chi connectivity index (χ1) is 30.2. The minimum Gasteiger partial charge on any atom is -0.488 e. The van der Waals surface area contributed by atoms with Gasteiger partial charge < -0.3 is 29.2 Å². The van der Waals surface area contributed by atoms with E-state index in [1.54, 1.807) is 48.9 Å². The largest absolute Gasteiger partial charge is 0.488 e. The molecule has 0 bridgehead atoms. The number of hydrogen-bond donors (Lipinski definition) is 2. The summed E-state index contributed by atoms with van der Waals surface area (Å²) in [7, 11) is 0. The quantitative estimate of drug-likeness (QED) is 0.0596. The van der Waals surface area contributed by atoms with Crippen molar-refractivity contribution < 1.29 is 38.7 Å². The van der Waals surface area contributed by atoms with Gasteiger partial charge >= 0.3 is 5.97 Å². The molecule has 0 unspecified atom stereocenters. The molecule has 0 fully saturated rings. The molecule has 0 saturated heterocycles. The van der Waals surface area contributed by atoms with E-state index in [4.69, 9.17) is 48.7 Å². The number of benzene rings is 4. The third-order valence-electron chi connectivity index (χ3n) is 10.9. The summed E-state index contributed by atoms with van der Waals surface area (Å²) >= 11 is 13.4. The van der Waals surface area contributed by atoms with Gasteiger partial charge in [0.15, 0.2) is 5.78 Å². The number of Topliss-reactive ketones (excluding diaryl/α,β-unsaturated/α-hetero) is 1. The molecule has 13 heteroatoms. The maximum absolute atomic E-state index is 12.5. The molecule has 0 aliphatic heterocycles. The lowest BCUT2D eigenvalue weighted by molar-refractivity contribution is -0.150. The topological polar surface area (TPSA) is 142 Å². The molecule has 11 nitrogen and oxygen atoms in total. The van der Waals surface area contributed by atoms with E-state index in [9.17, 15) is 19.8 Å². The molecular weight excluding hydrogens is 841 g/mol. The molecule has 2 heterocycles. The van der Waals surface area contributed by atoms with Crippen molar-refractivity contribution >= 4 is 40.6 Å². The van der Waals surface area contributed by atoms with Crippen molar-refractivity contribution in [1.29, 1.82) is 0 Å². The second kappa shape index (κ2) is 20.6. The van der Waals surface area contributed by atoms with Crippen LogP contribution in [0.3, 0.4) is 0 Å². The summed E-state index contributed by atoms with van der Waals surface area (Å²) < 4.78 is 24.9. The van der Waals surface area contributed by atoms with E-state index in [-0.39, 0.29) is 45.1 Å². The Morgan fingerprint density at radius 2 is 1.24 bits per heavy atom. The van der Waals surface area contributed by atoms with Gasteiger partial charge in [-0.05, 0) is 122 Å². The molecule has 0 aliphatic carbocycles.